The predicted octanol–water partition coefficient (Wildman–Crippen LogP) is 6.16. The number of Topliss-reactive ketones (excluding diaryl/α,β-unsaturated/α-hetero) is 1. The maximum absolute atomic E-state index is 14.0. The molecule has 0 amide bonds. The van der Waals surface area contributed by atoms with Crippen LogP contribution in [0.4, 0.5) is 4.39 Å². The molecule has 0 bridgehead atoms. The lowest BCUT2D eigenvalue weighted by atomic mass is 9.82. The molecule has 5 heteroatoms. The molecule has 0 fully saturated rings. The van der Waals surface area contributed by atoms with E-state index in [1.165, 1.54) is 11.6 Å². The Hall–Kier alpha value is -3.05. The predicted molar refractivity (Wildman–Crippen MR) is 128 cm³/mol. The number of allylic oxidation sites excluding steroid dienone is 2. The summed E-state index contributed by atoms with van der Waals surface area (Å²) >= 11 is 0. The Labute approximate surface area is 193 Å². The van der Waals surface area contributed by atoms with Crippen LogP contribution in [0.25, 0.3) is 16.5 Å². The van der Waals surface area contributed by atoms with Crippen molar-refractivity contribution in [2.24, 2.45) is 5.92 Å². The molecule has 0 saturated carbocycles. The number of benzene rings is 1. The highest BCUT2D eigenvalue weighted by molar-refractivity contribution is 5.90. The molecular formula is C28H29FN2O2. The Kier molecular flexibility index (Phi) is 6.49. The van der Waals surface area contributed by atoms with Gasteiger partial charge in [0.25, 0.3) is 0 Å². The van der Waals surface area contributed by atoms with E-state index in [4.69, 9.17) is 4.42 Å². The molecule has 5 rings (SSSR count). The number of ketones is 1. The summed E-state index contributed by atoms with van der Waals surface area (Å²) in [5, 5.41) is 0.532. The molecule has 1 aliphatic carbocycles. The maximum Gasteiger partial charge on any atom is 0.148 e. The standard InChI is InChI=1S/C28H29FN2O2/c29-25-10-9-22(28-23(25)14-19-33-28)20-11-16-31(17-12-20)18-13-24(26-8-4-5-15-30-26)27(32)21-6-2-1-3-7-21/h2,4-6,8-11,14-15,19,21,24H,1,3,7,12-13,16-18H2. The highest BCUT2D eigenvalue weighted by Gasteiger charge is 2.29. The van der Waals surface area contributed by atoms with Crippen molar-refractivity contribution in [2.45, 2.75) is 38.0 Å². The van der Waals surface area contributed by atoms with E-state index in [9.17, 15) is 9.18 Å². The number of aromatic nitrogens is 1. The van der Waals surface area contributed by atoms with Crippen molar-refractivity contribution in [3.63, 3.8) is 0 Å². The minimum atomic E-state index is -0.251. The minimum Gasteiger partial charge on any atom is -0.464 e. The third-order valence-corrected chi connectivity index (χ3v) is 6.94. The minimum absolute atomic E-state index is 0.00721. The van der Waals surface area contributed by atoms with Crippen molar-refractivity contribution in [3.8, 4) is 0 Å². The molecule has 1 aliphatic heterocycles. The zero-order chi connectivity index (χ0) is 22.6. The van der Waals surface area contributed by atoms with Gasteiger partial charge in [-0.05, 0) is 74.6 Å². The van der Waals surface area contributed by atoms with Gasteiger partial charge in [0.05, 0.1) is 23.3 Å². The molecule has 0 saturated heterocycles. The number of halogens is 1. The number of hydrogen-bond acceptors (Lipinski definition) is 4. The number of carbonyl (C=O) groups is 1. The number of fused-ring (bicyclic) bond motifs is 1. The summed E-state index contributed by atoms with van der Waals surface area (Å²) in [4.78, 5) is 20.3. The van der Waals surface area contributed by atoms with E-state index in [1.807, 2.05) is 24.3 Å². The lowest BCUT2D eigenvalue weighted by Crippen LogP contribution is -2.32. The maximum atomic E-state index is 14.0. The van der Waals surface area contributed by atoms with Crippen molar-refractivity contribution in [1.29, 1.82) is 0 Å². The van der Waals surface area contributed by atoms with Gasteiger partial charge >= 0.3 is 0 Å². The molecule has 2 unspecified atom stereocenters. The Morgan fingerprint density at radius 1 is 1.24 bits per heavy atom. The van der Waals surface area contributed by atoms with Crippen molar-refractivity contribution in [2.75, 3.05) is 19.6 Å². The second-order valence-electron chi connectivity index (χ2n) is 9.00. The molecule has 0 radical (unpaired) electrons. The first-order chi connectivity index (χ1) is 16.2. The van der Waals surface area contributed by atoms with Gasteiger partial charge in [-0.25, -0.2) is 4.39 Å². The van der Waals surface area contributed by atoms with Crippen molar-refractivity contribution in [1.82, 2.24) is 9.88 Å². The fraction of sp³-hybridized carbons (Fsp3) is 0.357. The van der Waals surface area contributed by atoms with E-state index in [1.54, 1.807) is 18.5 Å². The second-order valence-corrected chi connectivity index (χ2v) is 9.00. The third kappa shape index (κ3) is 4.69. The average Bonchev–Trinajstić information content (AvgIpc) is 3.37. The molecule has 4 nitrogen and oxygen atoms in total. The van der Waals surface area contributed by atoms with Crippen LogP contribution in [0, 0.1) is 11.7 Å². The molecular weight excluding hydrogens is 415 g/mol. The van der Waals surface area contributed by atoms with Crippen molar-refractivity contribution >= 4 is 22.3 Å². The number of nitrogens with zero attached hydrogens (tertiary/aromatic N) is 2. The van der Waals surface area contributed by atoms with E-state index < -0.39 is 0 Å². The van der Waals surface area contributed by atoms with Gasteiger partial charge in [-0.1, -0.05) is 24.3 Å². The topological polar surface area (TPSA) is 46.3 Å². The molecule has 3 aromatic rings. The molecule has 2 aromatic heterocycles. The van der Waals surface area contributed by atoms with Gasteiger partial charge < -0.3 is 4.42 Å². The number of carbonyl (C=O) groups excluding carboxylic acids is 1. The van der Waals surface area contributed by atoms with Gasteiger partial charge in [-0.2, -0.15) is 0 Å². The lowest BCUT2D eigenvalue weighted by Gasteiger charge is -2.29. The number of furan rings is 1. The molecule has 33 heavy (non-hydrogen) atoms. The fourth-order valence-corrected chi connectivity index (χ4v) is 5.08. The van der Waals surface area contributed by atoms with Crippen LogP contribution in [0.5, 0.6) is 0 Å². The van der Waals surface area contributed by atoms with Crippen LogP contribution in [0.1, 0.15) is 49.3 Å². The summed E-state index contributed by atoms with van der Waals surface area (Å²) < 4.78 is 19.6. The first-order valence-corrected chi connectivity index (χ1v) is 11.9. The number of pyridine rings is 1. The fourth-order valence-electron chi connectivity index (χ4n) is 5.08. The van der Waals surface area contributed by atoms with Gasteiger partial charge in [0.1, 0.15) is 17.2 Å². The largest absolute Gasteiger partial charge is 0.464 e. The van der Waals surface area contributed by atoms with Crippen LogP contribution in [0.2, 0.25) is 0 Å². The van der Waals surface area contributed by atoms with Gasteiger partial charge in [0, 0.05) is 30.8 Å². The van der Waals surface area contributed by atoms with Gasteiger partial charge in [-0.15, -0.1) is 0 Å². The quantitative estimate of drug-likeness (QED) is 0.410. The van der Waals surface area contributed by atoms with Crippen molar-refractivity contribution < 1.29 is 13.6 Å². The Morgan fingerprint density at radius 3 is 2.94 bits per heavy atom. The van der Waals surface area contributed by atoms with E-state index >= 15 is 0 Å². The molecule has 0 N–H and O–H groups in total. The summed E-state index contributed by atoms with van der Waals surface area (Å²) in [5.41, 5.74) is 3.66. The van der Waals surface area contributed by atoms with E-state index in [0.717, 1.165) is 63.0 Å². The Balaban J connectivity index is 1.28. The molecule has 170 valence electrons. The summed E-state index contributed by atoms with van der Waals surface area (Å²) in [6, 6.07) is 10.9. The third-order valence-electron chi connectivity index (χ3n) is 6.94. The van der Waals surface area contributed by atoms with E-state index in [0.29, 0.717) is 16.8 Å². The average molecular weight is 445 g/mol. The summed E-state index contributed by atoms with van der Waals surface area (Å²) in [6.45, 7) is 2.55. The zero-order valence-corrected chi connectivity index (χ0v) is 18.8. The van der Waals surface area contributed by atoms with Crippen LogP contribution in [0.3, 0.4) is 0 Å². The molecule has 0 spiro atoms. The first kappa shape index (κ1) is 21.8. The SMILES string of the molecule is O=C(C1C=CCCC1)C(CCN1CC=C(c2ccc(F)c3ccoc23)CC1)c1ccccn1. The van der Waals surface area contributed by atoms with Gasteiger partial charge in [0.2, 0.25) is 0 Å². The highest BCUT2D eigenvalue weighted by Crippen LogP contribution is 2.32. The van der Waals surface area contributed by atoms with Crippen LogP contribution in [-0.2, 0) is 4.79 Å². The summed E-state index contributed by atoms with van der Waals surface area (Å²) in [5.74, 6) is -0.125. The molecule has 3 heterocycles. The normalized spacial score (nSPS) is 20.0. The zero-order valence-electron chi connectivity index (χ0n) is 18.8. The summed E-state index contributed by atoms with van der Waals surface area (Å²) in [6.07, 6.45) is 14.5. The van der Waals surface area contributed by atoms with E-state index in [2.05, 4.69) is 28.1 Å². The van der Waals surface area contributed by atoms with Gasteiger partial charge in [-0.3, -0.25) is 14.7 Å². The lowest BCUT2D eigenvalue weighted by molar-refractivity contribution is -0.123. The second kappa shape index (κ2) is 9.84. The molecule has 2 atom stereocenters. The highest BCUT2D eigenvalue weighted by atomic mass is 19.1. The first-order valence-electron chi connectivity index (χ1n) is 11.9. The van der Waals surface area contributed by atoms with Crippen molar-refractivity contribution in [3.05, 3.63) is 84.2 Å². The smallest absolute Gasteiger partial charge is 0.148 e. The Bertz CT molecular complexity index is 1180. The monoisotopic (exact) mass is 444 g/mol. The summed E-state index contributed by atoms with van der Waals surface area (Å²) in [7, 11) is 0. The molecule has 1 aromatic carbocycles. The van der Waals surface area contributed by atoms with Crippen LogP contribution >= 0.6 is 0 Å². The van der Waals surface area contributed by atoms with Crippen LogP contribution in [-0.4, -0.2) is 35.3 Å². The number of hydrogen-bond donors (Lipinski definition) is 0. The van der Waals surface area contributed by atoms with Crippen LogP contribution in [0.15, 0.2) is 71.5 Å². The Morgan fingerprint density at radius 2 is 2.18 bits per heavy atom. The van der Waals surface area contributed by atoms with E-state index in [-0.39, 0.29) is 17.7 Å². The van der Waals surface area contributed by atoms with Crippen LogP contribution < -0.4 is 0 Å². The number of rotatable bonds is 7. The van der Waals surface area contributed by atoms with Gasteiger partial charge in [0.15, 0.2) is 0 Å². The molecule has 2 aliphatic rings.